The van der Waals surface area contributed by atoms with Crippen LogP contribution >= 0.6 is 0 Å². The van der Waals surface area contributed by atoms with E-state index in [1.54, 1.807) is 29.2 Å². The first-order valence-corrected chi connectivity index (χ1v) is 10.5. The van der Waals surface area contributed by atoms with Crippen LogP contribution < -0.4 is 4.72 Å². The molecule has 2 rings (SSSR count). The van der Waals surface area contributed by atoms with Gasteiger partial charge in [-0.3, -0.25) is 9.59 Å². The van der Waals surface area contributed by atoms with Crippen LogP contribution in [0.25, 0.3) is 6.08 Å². The average Bonchev–Trinajstić information content (AvgIpc) is 3.43. The number of hydrogen-bond donors (Lipinski definition) is 1. The number of benzene rings is 1. The van der Waals surface area contributed by atoms with E-state index in [2.05, 4.69) is 0 Å². The Hall–Kier alpha value is -2.15. The Morgan fingerprint density at radius 3 is 2.35 bits per heavy atom. The van der Waals surface area contributed by atoms with Crippen molar-refractivity contribution in [3.8, 4) is 0 Å². The second-order valence-corrected chi connectivity index (χ2v) is 8.03. The Labute approximate surface area is 155 Å². The molecule has 0 aromatic heterocycles. The van der Waals surface area contributed by atoms with Crippen LogP contribution in [0.1, 0.15) is 38.7 Å². The molecule has 1 N–H and O–H groups in total. The average molecular weight is 378 g/mol. The summed E-state index contributed by atoms with van der Waals surface area (Å²) in [5.41, 5.74) is 0.707. The van der Waals surface area contributed by atoms with E-state index in [0.717, 1.165) is 18.2 Å². The third-order valence-corrected chi connectivity index (χ3v) is 5.42. The number of nitrogens with one attached hydrogen (secondary N) is 1. The number of carbonyl (C=O) groups is 2. The van der Waals surface area contributed by atoms with Crippen LogP contribution in [-0.4, -0.2) is 38.2 Å². The second-order valence-electron chi connectivity index (χ2n) is 6.47. The summed E-state index contributed by atoms with van der Waals surface area (Å²) in [6.07, 6.45) is 3.78. The van der Waals surface area contributed by atoms with Crippen LogP contribution in [0.5, 0.6) is 0 Å². The number of sulfonamides is 1. The van der Waals surface area contributed by atoms with E-state index in [-0.39, 0.29) is 5.91 Å². The largest absolute Gasteiger partial charge is 0.343 e. The maximum Gasteiger partial charge on any atom is 0.257 e. The third kappa shape index (κ3) is 5.98. The van der Waals surface area contributed by atoms with E-state index in [9.17, 15) is 18.0 Å². The molecule has 0 saturated heterocycles. The molecule has 0 heterocycles. The van der Waals surface area contributed by atoms with Gasteiger partial charge >= 0.3 is 0 Å². The van der Waals surface area contributed by atoms with Gasteiger partial charge in [-0.25, -0.2) is 13.1 Å². The Morgan fingerprint density at radius 1 is 1.19 bits per heavy atom. The quantitative estimate of drug-likeness (QED) is 0.669. The molecule has 1 unspecified atom stereocenters. The predicted molar refractivity (Wildman–Crippen MR) is 101 cm³/mol. The molecule has 26 heavy (non-hydrogen) atoms. The predicted octanol–water partition coefficient (Wildman–Crippen LogP) is 2.39. The minimum absolute atomic E-state index is 0.304. The Kier molecular flexibility index (Phi) is 6.97. The summed E-state index contributed by atoms with van der Waals surface area (Å²) in [7, 11) is -3.96. The molecule has 1 aliphatic rings. The lowest BCUT2D eigenvalue weighted by Gasteiger charge is -2.24. The third-order valence-electron chi connectivity index (χ3n) is 4.44. The van der Waals surface area contributed by atoms with Crippen molar-refractivity contribution in [1.29, 1.82) is 0 Å². The molecular weight excluding hydrogens is 352 g/mol. The number of carbonyl (C=O) groups excluding carboxylic acids is 2. The van der Waals surface area contributed by atoms with Crippen molar-refractivity contribution in [2.75, 3.05) is 13.1 Å². The van der Waals surface area contributed by atoms with Gasteiger partial charge < -0.3 is 4.90 Å². The minimum atomic E-state index is -3.96. The zero-order valence-corrected chi connectivity index (χ0v) is 16.0. The van der Waals surface area contributed by atoms with Gasteiger partial charge in [0, 0.05) is 13.1 Å². The van der Waals surface area contributed by atoms with Crippen molar-refractivity contribution in [3.63, 3.8) is 0 Å². The van der Waals surface area contributed by atoms with E-state index >= 15 is 0 Å². The second kappa shape index (κ2) is 8.98. The van der Waals surface area contributed by atoms with Gasteiger partial charge in [0.05, 0.1) is 5.41 Å². The molecule has 1 saturated carbocycles. The van der Waals surface area contributed by atoms with Crippen molar-refractivity contribution in [1.82, 2.24) is 9.62 Å². The molecular formula is C19H26N2O4S. The van der Waals surface area contributed by atoms with Gasteiger partial charge in [0.25, 0.3) is 10.0 Å². The molecule has 142 valence electrons. The van der Waals surface area contributed by atoms with Crippen molar-refractivity contribution in [2.24, 2.45) is 11.8 Å². The van der Waals surface area contributed by atoms with Gasteiger partial charge in [-0.15, -0.1) is 0 Å². The molecule has 7 heteroatoms. The highest BCUT2D eigenvalue weighted by molar-refractivity contribution is 7.93. The number of amides is 2. The lowest BCUT2D eigenvalue weighted by atomic mass is 10.00. The van der Waals surface area contributed by atoms with E-state index in [0.29, 0.717) is 31.0 Å². The fourth-order valence-electron chi connectivity index (χ4n) is 2.74. The molecule has 1 aliphatic carbocycles. The summed E-state index contributed by atoms with van der Waals surface area (Å²) >= 11 is 0. The molecule has 0 spiro atoms. The topological polar surface area (TPSA) is 83.6 Å². The van der Waals surface area contributed by atoms with Crippen LogP contribution in [0, 0.1) is 11.8 Å². The van der Waals surface area contributed by atoms with Gasteiger partial charge in [-0.1, -0.05) is 43.2 Å². The molecule has 1 fully saturated rings. The zero-order chi connectivity index (χ0) is 19.2. The molecule has 0 radical (unpaired) electrons. The summed E-state index contributed by atoms with van der Waals surface area (Å²) in [5, 5.41) is 0.955. The molecule has 1 aromatic rings. The van der Waals surface area contributed by atoms with Crippen LogP contribution in [0.2, 0.25) is 0 Å². The van der Waals surface area contributed by atoms with E-state index in [4.69, 9.17) is 0 Å². The Balaban J connectivity index is 2.09. The fraction of sp³-hybridized carbons (Fsp3) is 0.474. The highest BCUT2D eigenvalue weighted by atomic mass is 32.2. The molecule has 0 bridgehead atoms. The molecule has 6 nitrogen and oxygen atoms in total. The van der Waals surface area contributed by atoms with Crippen molar-refractivity contribution in [3.05, 3.63) is 41.3 Å². The monoisotopic (exact) mass is 378 g/mol. The van der Waals surface area contributed by atoms with Crippen LogP contribution in [0.4, 0.5) is 0 Å². The summed E-state index contributed by atoms with van der Waals surface area (Å²) in [6.45, 7) is 4.66. The standard InChI is InChI=1S/C19H26N2O4S/c1-3-21(4-2)19(23)17(14-16-10-11-16)18(22)20-26(24,25)13-12-15-8-6-5-7-9-15/h5-9,12-13,16-17H,3-4,10-11,14H2,1-2H3,(H,20,22)/b13-12+. The van der Waals surface area contributed by atoms with Crippen molar-refractivity contribution < 1.29 is 18.0 Å². The van der Waals surface area contributed by atoms with Crippen LogP contribution in [0.15, 0.2) is 35.7 Å². The summed E-state index contributed by atoms with van der Waals surface area (Å²) in [5.74, 6) is -1.68. The number of nitrogens with zero attached hydrogens (tertiary/aromatic N) is 1. The first-order valence-electron chi connectivity index (χ1n) is 8.94. The summed E-state index contributed by atoms with van der Waals surface area (Å²) < 4.78 is 26.5. The van der Waals surface area contributed by atoms with Gasteiger partial charge in [-0.2, -0.15) is 0 Å². The zero-order valence-electron chi connectivity index (χ0n) is 15.2. The number of rotatable bonds is 9. The van der Waals surface area contributed by atoms with Crippen molar-refractivity contribution in [2.45, 2.75) is 33.1 Å². The summed E-state index contributed by atoms with van der Waals surface area (Å²) in [6, 6.07) is 8.93. The van der Waals surface area contributed by atoms with Gasteiger partial charge in [0.1, 0.15) is 5.92 Å². The lowest BCUT2D eigenvalue weighted by Crippen LogP contribution is -2.45. The van der Waals surface area contributed by atoms with E-state index in [1.807, 2.05) is 24.6 Å². The maximum absolute atomic E-state index is 12.6. The van der Waals surface area contributed by atoms with Gasteiger partial charge in [0.15, 0.2) is 0 Å². The highest BCUT2D eigenvalue weighted by Gasteiger charge is 2.36. The highest BCUT2D eigenvalue weighted by Crippen LogP contribution is 2.36. The fourth-order valence-corrected chi connectivity index (χ4v) is 3.57. The van der Waals surface area contributed by atoms with Gasteiger partial charge in [-0.05, 0) is 37.8 Å². The first-order chi connectivity index (χ1) is 12.4. The Bertz CT molecular complexity index is 751. The smallest absolute Gasteiger partial charge is 0.257 e. The van der Waals surface area contributed by atoms with Crippen LogP contribution in [0.3, 0.4) is 0 Å². The maximum atomic E-state index is 12.6. The molecule has 2 amide bonds. The Morgan fingerprint density at radius 2 is 1.81 bits per heavy atom. The first kappa shape index (κ1) is 20.2. The molecule has 0 aliphatic heterocycles. The molecule has 1 atom stereocenters. The lowest BCUT2D eigenvalue weighted by molar-refractivity contribution is -0.141. The SMILES string of the molecule is CCN(CC)C(=O)C(CC1CC1)C(=O)NS(=O)(=O)/C=C/c1ccccc1. The summed E-state index contributed by atoms with van der Waals surface area (Å²) in [4.78, 5) is 26.7. The molecule has 1 aromatic carbocycles. The van der Waals surface area contributed by atoms with Crippen LogP contribution in [-0.2, 0) is 19.6 Å². The normalized spacial score (nSPS) is 15.6. The van der Waals surface area contributed by atoms with Crippen molar-refractivity contribution >= 4 is 27.9 Å². The minimum Gasteiger partial charge on any atom is -0.343 e. The number of hydrogen-bond acceptors (Lipinski definition) is 4. The van der Waals surface area contributed by atoms with E-state index in [1.165, 1.54) is 6.08 Å². The van der Waals surface area contributed by atoms with Gasteiger partial charge in [0.2, 0.25) is 11.8 Å². The van der Waals surface area contributed by atoms with E-state index < -0.39 is 21.8 Å².